The molecule has 172 valence electrons. The van der Waals surface area contributed by atoms with Crippen LogP contribution in [0.25, 0.3) is 22.3 Å². The van der Waals surface area contributed by atoms with Gasteiger partial charge < -0.3 is 19.5 Å². The number of esters is 1. The van der Waals surface area contributed by atoms with Gasteiger partial charge in [-0.15, -0.1) is 0 Å². The number of benzene rings is 1. The molecular weight excluding hydrogens is 436 g/mol. The van der Waals surface area contributed by atoms with Crippen LogP contribution in [0.4, 0.5) is 0 Å². The molecule has 0 saturated heterocycles. The summed E-state index contributed by atoms with van der Waals surface area (Å²) in [5.74, 6) is -0.721. The molecule has 2 aromatic heterocycles. The fraction of sp³-hybridized carbons (Fsp3) is 0.400. The number of aromatic nitrogens is 2. The third-order valence-electron chi connectivity index (χ3n) is 7.63. The number of nitrogens with zero attached hydrogens (tertiary/aromatic N) is 2. The Balaban J connectivity index is 1.72. The first-order valence-corrected chi connectivity index (χ1v) is 14.6. The summed E-state index contributed by atoms with van der Waals surface area (Å²) in [4.78, 5) is 30.6. The van der Waals surface area contributed by atoms with Gasteiger partial charge in [-0.25, -0.2) is 9.78 Å². The topological polar surface area (TPSA) is 102 Å². The summed E-state index contributed by atoms with van der Waals surface area (Å²) in [7, 11) is -1.88. The summed E-state index contributed by atoms with van der Waals surface area (Å²) in [6.45, 7) is 8.46. The van der Waals surface area contributed by atoms with Crippen LogP contribution in [0.2, 0.25) is 13.1 Å². The Labute approximate surface area is 192 Å². The van der Waals surface area contributed by atoms with Crippen LogP contribution in [-0.4, -0.2) is 40.0 Å². The minimum absolute atomic E-state index is 0.117. The number of hydrogen-bond acceptors (Lipinski definition) is 6. The van der Waals surface area contributed by atoms with Crippen LogP contribution in [0.5, 0.6) is 0 Å². The Kier molecular flexibility index (Phi) is 4.90. The van der Waals surface area contributed by atoms with E-state index in [1.165, 1.54) is 0 Å². The quantitative estimate of drug-likeness (QED) is 0.356. The second kappa shape index (κ2) is 7.35. The van der Waals surface area contributed by atoms with Gasteiger partial charge in [0.25, 0.3) is 5.56 Å². The Hall–Kier alpha value is -2.81. The predicted octanol–water partition coefficient (Wildman–Crippen LogP) is 2.96. The zero-order chi connectivity index (χ0) is 23.7. The van der Waals surface area contributed by atoms with Crippen molar-refractivity contribution in [2.24, 2.45) is 0 Å². The van der Waals surface area contributed by atoms with Crippen LogP contribution in [0.15, 0.2) is 35.1 Å². The zero-order valence-corrected chi connectivity index (χ0v) is 20.3. The van der Waals surface area contributed by atoms with E-state index in [0.29, 0.717) is 29.1 Å². The number of aliphatic hydroxyl groups is 2. The number of pyridine rings is 2. The van der Waals surface area contributed by atoms with Gasteiger partial charge in [-0.3, -0.25) is 4.79 Å². The Bertz CT molecular complexity index is 1380. The van der Waals surface area contributed by atoms with Crippen molar-refractivity contribution in [3.63, 3.8) is 0 Å². The normalized spacial score (nSPS) is 20.2. The first-order chi connectivity index (χ1) is 15.6. The second-order valence-corrected chi connectivity index (χ2v) is 15.0. The molecule has 5 rings (SSSR count). The second-order valence-electron chi connectivity index (χ2n) is 9.88. The molecule has 1 unspecified atom stereocenters. The SMILES string of the molecule is CC[C@@]1(O)C(=O)OCc2c1cc1n(c2=O)Cc2cc3c(C(C)[Si](C)(C)CO)cccc3nc2-1. The van der Waals surface area contributed by atoms with E-state index in [2.05, 4.69) is 32.2 Å². The highest BCUT2D eigenvalue weighted by atomic mass is 28.3. The van der Waals surface area contributed by atoms with Crippen LogP contribution in [0.1, 0.15) is 48.1 Å². The van der Waals surface area contributed by atoms with E-state index in [1.807, 2.05) is 12.1 Å². The van der Waals surface area contributed by atoms with E-state index in [4.69, 9.17) is 9.72 Å². The lowest BCUT2D eigenvalue weighted by molar-refractivity contribution is -0.172. The van der Waals surface area contributed by atoms with Gasteiger partial charge in [-0.05, 0) is 35.7 Å². The standard InChI is InChI=1S/C25H28N2O5Si/c1-5-25(31)19-10-21-22-15(11-27(21)23(29)18(19)12-32-24(25)30)9-17-16(7-6-8-20(17)26-22)14(2)33(3,4)13-28/h6-10,14,28,31H,5,11-13H2,1-4H3/t14?,25-/m0/s1. The van der Waals surface area contributed by atoms with Crippen molar-refractivity contribution in [2.75, 3.05) is 6.23 Å². The van der Waals surface area contributed by atoms with Gasteiger partial charge in [-0.1, -0.05) is 39.1 Å². The third-order valence-corrected chi connectivity index (χ3v) is 11.1. The van der Waals surface area contributed by atoms with Gasteiger partial charge in [0.15, 0.2) is 5.60 Å². The van der Waals surface area contributed by atoms with Gasteiger partial charge in [0, 0.05) is 22.7 Å². The molecule has 2 aliphatic rings. The van der Waals surface area contributed by atoms with Gasteiger partial charge in [-0.2, -0.15) is 0 Å². The molecular formula is C25H28N2O5Si. The highest BCUT2D eigenvalue weighted by Crippen LogP contribution is 2.40. The number of rotatable bonds is 4. The molecule has 8 heteroatoms. The van der Waals surface area contributed by atoms with E-state index >= 15 is 0 Å². The van der Waals surface area contributed by atoms with Gasteiger partial charge >= 0.3 is 5.97 Å². The molecule has 0 bridgehead atoms. The molecule has 2 atom stereocenters. The van der Waals surface area contributed by atoms with Gasteiger partial charge in [0.1, 0.15) is 6.61 Å². The Morgan fingerprint density at radius 2 is 2.03 bits per heavy atom. The fourth-order valence-corrected chi connectivity index (χ4v) is 6.33. The molecule has 4 heterocycles. The molecule has 0 spiro atoms. The van der Waals surface area contributed by atoms with E-state index in [9.17, 15) is 19.8 Å². The maximum atomic E-state index is 13.3. The van der Waals surface area contributed by atoms with Crippen LogP contribution in [0.3, 0.4) is 0 Å². The monoisotopic (exact) mass is 464 g/mol. The van der Waals surface area contributed by atoms with Crippen LogP contribution in [-0.2, 0) is 28.3 Å². The fourth-order valence-electron chi connectivity index (χ4n) is 4.96. The molecule has 0 radical (unpaired) electrons. The van der Waals surface area contributed by atoms with Crippen molar-refractivity contribution >= 4 is 24.9 Å². The highest BCUT2D eigenvalue weighted by molar-refractivity contribution is 6.78. The lowest BCUT2D eigenvalue weighted by atomic mass is 9.86. The largest absolute Gasteiger partial charge is 0.458 e. The molecule has 33 heavy (non-hydrogen) atoms. The molecule has 0 aliphatic carbocycles. The summed E-state index contributed by atoms with van der Waals surface area (Å²) >= 11 is 0. The average molecular weight is 465 g/mol. The van der Waals surface area contributed by atoms with Gasteiger partial charge in [0.2, 0.25) is 0 Å². The molecule has 1 aromatic carbocycles. The number of hydrogen-bond donors (Lipinski definition) is 2. The molecule has 0 amide bonds. The Morgan fingerprint density at radius 3 is 2.73 bits per heavy atom. The first-order valence-electron chi connectivity index (χ1n) is 11.3. The minimum atomic E-state index is -1.88. The maximum absolute atomic E-state index is 13.3. The zero-order valence-electron chi connectivity index (χ0n) is 19.3. The summed E-state index contributed by atoms with van der Waals surface area (Å²) in [5, 5.41) is 22.0. The molecule has 7 nitrogen and oxygen atoms in total. The highest BCUT2D eigenvalue weighted by Gasteiger charge is 2.45. The maximum Gasteiger partial charge on any atom is 0.343 e. The average Bonchev–Trinajstić information content (AvgIpc) is 3.17. The predicted molar refractivity (Wildman–Crippen MR) is 128 cm³/mol. The minimum Gasteiger partial charge on any atom is -0.458 e. The van der Waals surface area contributed by atoms with Crippen molar-refractivity contribution < 1.29 is 19.7 Å². The summed E-state index contributed by atoms with van der Waals surface area (Å²) < 4.78 is 6.79. The first kappa shape index (κ1) is 22.0. The molecule has 3 aromatic rings. The number of ether oxygens (including phenoxy) is 1. The van der Waals surface area contributed by atoms with E-state index < -0.39 is 19.6 Å². The van der Waals surface area contributed by atoms with E-state index in [0.717, 1.165) is 22.0 Å². The van der Waals surface area contributed by atoms with E-state index in [1.54, 1.807) is 17.6 Å². The lowest BCUT2D eigenvalue weighted by Gasteiger charge is -2.31. The van der Waals surface area contributed by atoms with Gasteiger partial charge in [0.05, 0.1) is 37.1 Å². The third kappa shape index (κ3) is 3.04. The summed E-state index contributed by atoms with van der Waals surface area (Å²) in [6, 6.07) is 9.88. The molecule has 0 fully saturated rings. The van der Waals surface area contributed by atoms with Crippen molar-refractivity contribution in [1.82, 2.24) is 9.55 Å². The molecule has 0 saturated carbocycles. The van der Waals surface area contributed by atoms with Crippen molar-refractivity contribution in [2.45, 2.75) is 57.7 Å². The van der Waals surface area contributed by atoms with Crippen molar-refractivity contribution in [3.8, 4) is 11.4 Å². The molecule has 2 aliphatic heterocycles. The molecule has 2 N–H and O–H groups in total. The lowest BCUT2D eigenvalue weighted by Crippen LogP contribution is -2.44. The Morgan fingerprint density at radius 1 is 1.27 bits per heavy atom. The van der Waals surface area contributed by atoms with Crippen molar-refractivity contribution in [1.29, 1.82) is 0 Å². The van der Waals surface area contributed by atoms with Crippen LogP contribution in [0, 0.1) is 0 Å². The number of carbonyl (C=O) groups is 1. The number of aliphatic hydroxyl groups excluding tert-OH is 1. The summed E-state index contributed by atoms with van der Waals surface area (Å²) in [6.07, 6.45) is 0.321. The van der Waals surface area contributed by atoms with Crippen LogP contribution < -0.4 is 5.56 Å². The number of carbonyl (C=O) groups excluding carboxylic acids is 1. The number of fused-ring (bicyclic) bond motifs is 5. The van der Waals surface area contributed by atoms with Crippen LogP contribution >= 0.6 is 0 Å². The van der Waals surface area contributed by atoms with E-state index in [-0.39, 0.29) is 30.4 Å². The number of cyclic esters (lactones) is 1. The van der Waals surface area contributed by atoms with Crippen molar-refractivity contribution in [3.05, 3.63) is 62.9 Å². The summed E-state index contributed by atoms with van der Waals surface area (Å²) in [5.41, 5.74) is 3.01. The smallest absolute Gasteiger partial charge is 0.343 e.